The van der Waals surface area contributed by atoms with Gasteiger partial charge in [0.15, 0.2) is 11.5 Å². The lowest BCUT2D eigenvalue weighted by Crippen LogP contribution is -2.14. The highest BCUT2D eigenvalue weighted by Gasteiger charge is 2.15. The van der Waals surface area contributed by atoms with E-state index < -0.39 is 0 Å². The van der Waals surface area contributed by atoms with Crippen LogP contribution in [0, 0.1) is 0 Å². The molecule has 0 aliphatic heterocycles. The number of hydrogen-bond donors (Lipinski definition) is 1. The summed E-state index contributed by atoms with van der Waals surface area (Å²) in [6, 6.07) is 13.2. The van der Waals surface area contributed by atoms with E-state index >= 15 is 0 Å². The summed E-state index contributed by atoms with van der Waals surface area (Å²) in [6.45, 7) is 0. The Hall–Kier alpha value is -3.20. The molecule has 0 aliphatic carbocycles. The second kappa shape index (κ2) is 9.83. The van der Waals surface area contributed by atoms with Crippen LogP contribution in [0.4, 0.5) is 5.69 Å². The molecule has 1 heterocycles. The number of nitrogens with zero attached hydrogens (tertiary/aromatic N) is 2. The Bertz CT molecular complexity index is 937. The van der Waals surface area contributed by atoms with Crippen LogP contribution in [-0.4, -0.2) is 43.2 Å². The highest BCUT2D eigenvalue weighted by molar-refractivity contribution is 7.99. The van der Waals surface area contributed by atoms with E-state index in [2.05, 4.69) is 15.5 Å². The predicted octanol–water partition coefficient (Wildman–Crippen LogP) is 3.42. The highest BCUT2D eigenvalue weighted by atomic mass is 32.2. The van der Waals surface area contributed by atoms with Crippen molar-refractivity contribution in [1.82, 2.24) is 10.2 Å². The van der Waals surface area contributed by atoms with Crippen molar-refractivity contribution in [2.75, 3.05) is 32.4 Å². The van der Waals surface area contributed by atoms with Crippen molar-refractivity contribution in [1.29, 1.82) is 0 Å². The molecule has 2 aromatic carbocycles. The molecule has 1 aromatic heterocycles. The maximum absolute atomic E-state index is 12.3. The van der Waals surface area contributed by atoms with Crippen molar-refractivity contribution in [2.45, 2.75) is 11.6 Å². The molecular formula is C20H21N3O5S. The highest BCUT2D eigenvalue weighted by Crippen LogP contribution is 2.39. The topological polar surface area (TPSA) is 95.7 Å². The van der Waals surface area contributed by atoms with E-state index in [-0.39, 0.29) is 11.7 Å². The van der Waals surface area contributed by atoms with Gasteiger partial charge in [0, 0.05) is 17.8 Å². The third-order valence-corrected chi connectivity index (χ3v) is 4.74. The molecule has 0 spiro atoms. The zero-order chi connectivity index (χ0) is 20.6. The van der Waals surface area contributed by atoms with Gasteiger partial charge in [-0.3, -0.25) is 4.79 Å². The van der Waals surface area contributed by atoms with Crippen LogP contribution in [0.3, 0.4) is 0 Å². The molecule has 0 saturated heterocycles. The molecule has 29 heavy (non-hydrogen) atoms. The van der Waals surface area contributed by atoms with Gasteiger partial charge in [-0.25, -0.2) is 0 Å². The minimum atomic E-state index is -0.230. The van der Waals surface area contributed by atoms with Crippen LogP contribution < -0.4 is 19.5 Å². The molecule has 0 unspecified atom stereocenters. The standard InChI is InChI=1S/C20H21N3O5S/c1-25-15-10-14(11-16(26-2)19(15)27-3)21-17(24)12-29-20-23-22-18(28-20)9-13-7-5-4-6-8-13/h4-8,10-11H,9,12H2,1-3H3,(H,21,24). The maximum Gasteiger partial charge on any atom is 0.277 e. The molecule has 3 aromatic rings. The number of rotatable bonds is 9. The van der Waals surface area contributed by atoms with Crippen molar-refractivity contribution in [2.24, 2.45) is 0 Å². The van der Waals surface area contributed by atoms with Crippen LogP contribution in [0.25, 0.3) is 0 Å². The van der Waals surface area contributed by atoms with Gasteiger partial charge in [0.1, 0.15) is 0 Å². The van der Waals surface area contributed by atoms with E-state index in [1.165, 1.54) is 33.1 Å². The Labute approximate surface area is 172 Å². The van der Waals surface area contributed by atoms with Gasteiger partial charge in [-0.15, -0.1) is 10.2 Å². The zero-order valence-electron chi connectivity index (χ0n) is 16.3. The fourth-order valence-electron chi connectivity index (χ4n) is 2.62. The smallest absolute Gasteiger partial charge is 0.277 e. The Balaban J connectivity index is 1.58. The molecule has 0 atom stereocenters. The zero-order valence-corrected chi connectivity index (χ0v) is 17.1. The van der Waals surface area contributed by atoms with Gasteiger partial charge in [0.05, 0.1) is 33.5 Å². The number of aromatic nitrogens is 2. The lowest BCUT2D eigenvalue weighted by molar-refractivity contribution is -0.113. The Morgan fingerprint density at radius 1 is 1.03 bits per heavy atom. The molecule has 1 N–H and O–H groups in total. The number of carbonyl (C=O) groups excluding carboxylic acids is 1. The number of ether oxygens (including phenoxy) is 3. The average Bonchev–Trinajstić information content (AvgIpc) is 3.19. The van der Waals surface area contributed by atoms with Gasteiger partial charge >= 0.3 is 0 Å². The number of nitrogens with one attached hydrogen (secondary N) is 1. The Morgan fingerprint density at radius 2 is 1.72 bits per heavy atom. The summed E-state index contributed by atoms with van der Waals surface area (Å²) >= 11 is 1.17. The second-order valence-corrected chi connectivity index (χ2v) is 6.80. The van der Waals surface area contributed by atoms with Crippen LogP contribution in [0.5, 0.6) is 17.2 Å². The van der Waals surface area contributed by atoms with Gasteiger partial charge in [-0.1, -0.05) is 42.1 Å². The van der Waals surface area contributed by atoms with Crippen LogP contribution >= 0.6 is 11.8 Å². The van der Waals surface area contributed by atoms with E-state index in [1.54, 1.807) is 12.1 Å². The van der Waals surface area contributed by atoms with Crippen molar-refractivity contribution in [3.63, 3.8) is 0 Å². The second-order valence-electron chi connectivity index (χ2n) is 5.87. The molecule has 0 radical (unpaired) electrons. The summed E-state index contributed by atoms with van der Waals surface area (Å²) in [5, 5.41) is 11.1. The largest absolute Gasteiger partial charge is 0.493 e. The quantitative estimate of drug-likeness (QED) is 0.531. The van der Waals surface area contributed by atoms with E-state index in [9.17, 15) is 4.79 Å². The normalized spacial score (nSPS) is 10.4. The van der Waals surface area contributed by atoms with Gasteiger partial charge < -0.3 is 23.9 Å². The van der Waals surface area contributed by atoms with Crippen molar-refractivity contribution in [3.05, 3.63) is 53.9 Å². The number of benzene rings is 2. The van der Waals surface area contributed by atoms with Crippen LogP contribution in [-0.2, 0) is 11.2 Å². The summed E-state index contributed by atoms with van der Waals surface area (Å²) in [7, 11) is 4.55. The fraction of sp³-hybridized carbons (Fsp3) is 0.250. The fourth-order valence-corrected chi connectivity index (χ4v) is 3.20. The number of carbonyl (C=O) groups is 1. The SMILES string of the molecule is COc1cc(NC(=O)CSc2nnc(Cc3ccccc3)o2)cc(OC)c1OC. The number of hydrogen-bond acceptors (Lipinski definition) is 8. The van der Waals surface area contributed by atoms with Gasteiger partial charge in [0.2, 0.25) is 17.5 Å². The van der Waals surface area contributed by atoms with Gasteiger partial charge in [-0.05, 0) is 5.56 Å². The van der Waals surface area contributed by atoms with Crippen molar-refractivity contribution in [3.8, 4) is 17.2 Å². The first-order valence-electron chi connectivity index (χ1n) is 8.72. The van der Waals surface area contributed by atoms with Crippen molar-refractivity contribution >= 4 is 23.4 Å². The first kappa shape index (κ1) is 20.5. The van der Waals surface area contributed by atoms with Crippen LogP contribution in [0.15, 0.2) is 52.1 Å². The lowest BCUT2D eigenvalue weighted by Gasteiger charge is -2.14. The van der Waals surface area contributed by atoms with Crippen LogP contribution in [0.2, 0.25) is 0 Å². The first-order valence-corrected chi connectivity index (χ1v) is 9.70. The molecule has 0 fully saturated rings. The molecule has 1 amide bonds. The van der Waals surface area contributed by atoms with E-state index in [4.69, 9.17) is 18.6 Å². The molecule has 152 valence electrons. The molecular weight excluding hydrogens is 394 g/mol. The monoisotopic (exact) mass is 415 g/mol. The molecule has 3 rings (SSSR count). The summed E-state index contributed by atoms with van der Waals surface area (Å²) in [6.07, 6.45) is 0.548. The molecule has 0 saturated carbocycles. The average molecular weight is 415 g/mol. The molecule has 0 bridgehead atoms. The third kappa shape index (κ3) is 5.41. The molecule has 0 aliphatic rings. The number of amides is 1. The Kier molecular flexibility index (Phi) is 6.96. The minimum Gasteiger partial charge on any atom is -0.493 e. The predicted molar refractivity (Wildman–Crippen MR) is 109 cm³/mol. The molecule has 9 heteroatoms. The Morgan fingerprint density at radius 3 is 2.34 bits per heavy atom. The third-order valence-electron chi connectivity index (χ3n) is 3.92. The van der Waals surface area contributed by atoms with Gasteiger partial charge in [-0.2, -0.15) is 0 Å². The summed E-state index contributed by atoms with van der Waals surface area (Å²) < 4.78 is 21.4. The number of thioether (sulfide) groups is 1. The summed E-state index contributed by atoms with van der Waals surface area (Å²) in [5.41, 5.74) is 1.60. The maximum atomic E-state index is 12.3. The summed E-state index contributed by atoms with van der Waals surface area (Å²) in [4.78, 5) is 12.3. The molecule has 8 nitrogen and oxygen atoms in total. The van der Waals surface area contributed by atoms with Crippen molar-refractivity contribution < 1.29 is 23.4 Å². The van der Waals surface area contributed by atoms with Gasteiger partial charge in [0.25, 0.3) is 5.22 Å². The van der Waals surface area contributed by atoms with E-state index in [0.29, 0.717) is 40.5 Å². The van der Waals surface area contributed by atoms with Crippen LogP contribution in [0.1, 0.15) is 11.5 Å². The van der Waals surface area contributed by atoms with E-state index in [1.807, 2.05) is 30.3 Å². The lowest BCUT2D eigenvalue weighted by atomic mass is 10.2. The number of anilines is 1. The van der Waals surface area contributed by atoms with E-state index in [0.717, 1.165) is 5.56 Å². The summed E-state index contributed by atoms with van der Waals surface area (Å²) in [5.74, 6) is 1.76. The minimum absolute atomic E-state index is 0.115. The first-order chi connectivity index (χ1) is 14.1. The number of methoxy groups -OCH3 is 3.